The number of benzene rings is 2. The Bertz CT molecular complexity index is 908. The van der Waals surface area contributed by atoms with Crippen LogP contribution < -0.4 is 14.8 Å². The van der Waals surface area contributed by atoms with Gasteiger partial charge in [0, 0.05) is 0 Å². The second-order valence-corrected chi connectivity index (χ2v) is 7.29. The van der Waals surface area contributed by atoms with E-state index in [1.54, 1.807) is 13.0 Å². The Hall–Kier alpha value is -3.22. The molecule has 1 aliphatic heterocycles. The van der Waals surface area contributed by atoms with Crippen LogP contribution in [-0.4, -0.2) is 36.8 Å². The molecule has 0 saturated carbocycles. The normalized spacial score (nSPS) is 13.7. The lowest BCUT2D eigenvalue weighted by atomic mass is 9.95. The van der Waals surface area contributed by atoms with Crippen LogP contribution in [0.4, 0.5) is 0 Å². The highest BCUT2D eigenvalue weighted by molar-refractivity contribution is 5.94. The number of hydrogen-bond donors (Lipinski definition) is 2. The number of phenols is 1. The fraction of sp³-hybridized carbons (Fsp3) is 0.364. The molecule has 0 radical (unpaired) electrons. The first-order valence-electron chi connectivity index (χ1n) is 9.51. The van der Waals surface area contributed by atoms with Gasteiger partial charge in [0.2, 0.25) is 0 Å². The Balaban J connectivity index is 1.63. The number of esters is 1. The average molecular weight is 399 g/mol. The summed E-state index contributed by atoms with van der Waals surface area (Å²) in [6.07, 6.45) is 0. The van der Waals surface area contributed by atoms with Crippen LogP contribution in [0.15, 0.2) is 36.4 Å². The van der Waals surface area contributed by atoms with Gasteiger partial charge in [-0.25, -0.2) is 4.79 Å². The zero-order valence-electron chi connectivity index (χ0n) is 16.7. The minimum Gasteiger partial charge on any atom is -0.507 e. The van der Waals surface area contributed by atoms with E-state index in [-0.39, 0.29) is 23.3 Å². The standard InChI is InChI=1S/C22H25NO6/c1-13(2)21(15-5-7-18-19(11-15)28-9-8-27-18)23-20(25)12-29-22(26)16-6-4-14(3)10-17(16)24/h4-7,10-11,13,21,24H,8-9,12H2,1-3H3,(H,23,25)/t21-/m0/s1. The van der Waals surface area contributed by atoms with E-state index >= 15 is 0 Å². The summed E-state index contributed by atoms with van der Waals surface area (Å²) in [5.74, 6) is 0.0669. The molecule has 0 bridgehead atoms. The first kappa shape index (κ1) is 20.5. The molecule has 0 saturated heterocycles. The fourth-order valence-corrected chi connectivity index (χ4v) is 3.13. The molecule has 0 spiro atoms. The van der Waals surface area contributed by atoms with Crippen LogP contribution in [0.1, 0.15) is 41.4 Å². The van der Waals surface area contributed by atoms with Crippen molar-refractivity contribution in [3.63, 3.8) is 0 Å². The monoisotopic (exact) mass is 399 g/mol. The largest absolute Gasteiger partial charge is 0.507 e. The second kappa shape index (κ2) is 8.86. The molecule has 7 nitrogen and oxygen atoms in total. The highest BCUT2D eigenvalue weighted by Gasteiger charge is 2.22. The topological polar surface area (TPSA) is 94.1 Å². The van der Waals surface area contributed by atoms with Gasteiger partial charge < -0.3 is 24.6 Å². The van der Waals surface area contributed by atoms with Gasteiger partial charge in [0.25, 0.3) is 5.91 Å². The molecule has 7 heteroatoms. The van der Waals surface area contributed by atoms with Crippen LogP contribution in [0.25, 0.3) is 0 Å². The van der Waals surface area contributed by atoms with Gasteiger partial charge in [0.15, 0.2) is 18.1 Å². The molecule has 2 aromatic rings. The van der Waals surface area contributed by atoms with E-state index in [1.807, 2.05) is 32.0 Å². The van der Waals surface area contributed by atoms with Gasteiger partial charge in [0.05, 0.1) is 6.04 Å². The molecule has 1 amide bonds. The number of phenolic OH excluding ortho intramolecular Hbond substituents is 1. The Morgan fingerprint density at radius 1 is 1.10 bits per heavy atom. The van der Waals surface area contributed by atoms with Crippen LogP contribution >= 0.6 is 0 Å². The van der Waals surface area contributed by atoms with Crippen molar-refractivity contribution < 1.29 is 28.9 Å². The SMILES string of the molecule is Cc1ccc(C(=O)OCC(=O)N[C@H](c2ccc3c(c2)OCCO3)C(C)C)c(O)c1. The van der Waals surface area contributed by atoms with Crippen molar-refractivity contribution in [3.05, 3.63) is 53.1 Å². The molecule has 154 valence electrons. The molecule has 0 aliphatic carbocycles. The number of nitrogens with one attached hydrogen (secondary N) is 1. The summed E-state index contributed by atoms with van der Waals surface area (Å²) in [5, 5.41) is 12.8. The van der Waals surface area contributed by atoms with E-state index < -0.39 is 18.5 Å². The highest BCUT2D eigenvalue weighted by Crippen LogP contribution is 2.34. The average Bonchev–Trinajstić information content (AvgIpc) is 2.69. The van der Waals surface area contributed by atoms with Gasteiger partial charge in [0.1, 0.15) is 24.5 Å². The summed E-state index contributed by atoms with van der Waals surface area (Å²) >= 11 is 0. The molecule has 0 aromatic heterocycles. The predicted molar refractivity (Wildman–Crippen MR) is 106 cm³/mol. The van der Waals surface area contributed by atoms with Crippen molar-refractivity contribution >= 4 is 11.9 Å². The number of amides is 1. The first-order valence-corrected chi connectivity index (χ1v) is 9.51. The Kier molecular flexibility index (Phi) is 6.26. The molecule has 1 atom stereocenters. The van der Waals surface area contributed by atoms with Crippen molar-refractivity contribution in [1.82, 2.24) is 5.32 Å². The maximum atomic E-state index is 12.4. The van der Waals surface area contributed by atoms with Crippen molar-refractivity contribution in [2.24, 2.45) is 5.92 Å². The quantitative estimate of drug-likeness (QED) is 0.725. The first-order chi connectivity index (χ1) is 13.8. The Labute approximate surface area is 169 Å². The third-order valence-electron chi connectivity index (χ3n) is 4.62. The lowest BCUT2D eigenvalue weighted by molar-refractivity contribution is -0.125. The van der Waals surface area contributed by atoms with Crippen LogP contribution in [0.3, 0.4) is 0 Å². The van der Waals surface area contributed by atoms with Crippen molar-refractivity contribution in [1.29, 1.82) is 0 Å². The van der Waals surface area contributed by atoms with Gasteiger partial charge in [-0.1, -0.05) is 26.0 Å². The molecular weight excluding hydrogens is 374 g/mol. The Morgan fingerprint density at radius 3 is 2.52 bits per heavy atom. The smallest absolute Gasteiger partial charge is 0.342 e. The number of carbonyl (C=O) groups excluding carboxylic acids is 2. The number of aryl methyl sites for hydroxylation is 1. The summed E-state index contributed by atoms with van der Waals surface area (Å²) in [7, 11) is 0. The predicted octanol–water partition coefficient (Wildman–Crippen LogP) is 3.14. The van der Waals surface area contributed by atoms with E-state index in [9.17, 15) is 14.7 Å². The molecule has 3 rings (SSSR count). The lowest BCUT2D eigenvalue weighted by Crippen LogP contribution is -2.35. The van der Waals surface area contributed by atoms with Crippen LogP contribution in [0.5, 0.6) is 17.2 Å². The number of aromatic hydroxyl groups is 1. The van der Waals surface area contributed by atoms with Gasteiger partial charge in [-0.2, -0.15) is 0 Å². The van der Waals surface area contributed by atoms with Gasteiger partial charge in [-0.3, -0.25) is 4.79 Å². The number of fused-ring (bicyclic) bond motifs is 1. The number of hydrogen-bond acceptors (Lipinski definition) is 6. The van der Waals surface area contributed by atoms with E-state index in [0.29, 0.717) is 24.7 Å². The van der Waals surface area contributed by atoms with E-state index in [4.69, 9.17) is 14.2 Å². The summed E-state index contributed by atoms with van der Waals surface area (Å²) in [6, 6.07) is 9.90. The van der Waals surface area contributed by atoms with Crippen LogP contribution in [0, 0.1) is 12.8 Å². The van der Waals surface area contributed by atoms with E-state index in [0.717, 1.165) is 11.1 Å². The van der Waals surface area contributed by atoms with Crippen molar-refractivity contribution in [3.8, 4) is 17.2 Å². The maximum Gasteiger partial charge on any atom is 0.342 e. The molecule has 2 aromatic carbocycles. The number of ether oxygens (including phenoxy) is 3. The van der Waals surface area contributed by atoms with Gasteiger partial charge >= 0.3 is 5.97 Å². The minimum atomic E-state index is -0.752. The third kappa shape index (κ3) is 4.99. The van der Waals surface area contributed by atoms with Crippen LogP contribution in [0.2, 0.25) is 0 Å². The van der Waals surface area contributed by atoms with Gasteiger partial charge in [-0.15, -0.1) is 0 Å². The highest BCUT2D eigenvalue weighted by atomic mass is 16.6. The lowest BCUT2D eigenvalue weighted by Gasteiger charge is -2.25. The summed E-state index contributed by atoms with van der Waals surface area (Å²) in [4.78, 5) is 24.5. The molecule has 29 heavy (non-hydrogen) atoms. The maximum absolute atomic E-state index is 12.4. The third-order valence-corrected chi connectivity index (χ3v) is 4.62. The summed E-state index contributed by atoms with van der Waals surface area (Å²) < 4.78 is 16.2. The number of carbonyl (C=O) groups is 2. The zero-order valence-corrected chi connectivity index (χ0v) is 16.7. The van der Waals surface area contributed by atoms with Gasteiger partial charge in [-0.05, 0) is 48.2 Å². The molecular formula is C22H25NO6. The molecule has 1 heterocycles. The molecule has 2 N–H and O–H groups in total. The van der Waals surface area contributed by atoms with Crippen molar-refractivity contribution in [2.45, 2.75) is 26.8 Å². The molecule has 0 fully saturated rings. The second-order valence-electron chi connectivity index (χ2n) is 7.29. The van der Waals surface area contributed by atoms with E-state index in [2.05, 4.69) is 5.32 Å². The zero-order chi connectivity index (χ0) is 21.0. The van der Waals surface area contributed by atoms with Crippen molar-refractivity contribution in [2.75, 3.05) is 19.8 Å². The molecule has 1 aliphatic rings. The molecule has 0 unspecified atom stereocenters. The number of rotatable bonds is 6. The fourth-order valence-electron chi connectivity index (χ4n) is 3.13. The summed E-state index contributed by atoms with van der Waals surface area (Å²) in [5.41, 5.74) is 1.71. The Morgan fingerprint density at radius 2 is 1.83 bits per heavy atom. The summed E-state index contributed by atoms with van der Waals surface area (Å²) in [6.45, 7) is 6.32. The minimum absolute atomic E-state index is 0.0237. The van der Waals surface area contributed by atoms with Crippen LogP contribution in [-0.2, 0) is 9.53 Å². The van der Waals surface area contributed by atoms with E-state index in [1.165, 1.54) is 12.1 Å².